The number of piperidine rings is 1. The maximum atomic E-state index is 12.2. The van der Waals surface area contributed by atoms with Crippen molar-refractivity contribution in [1.29, 1.82) is 0 Å². The number of carbonyl (C=O) groups excluding carboxylic acids is 1. The number of aliphatic hydroxyl groups excluding tert-OH is 1. The summed E-state index contributed by atoms with van der Waals surface area (Å²) in [5.74, 6) is 0.635. The molecule has 2 atom stereocenters. The molecule has 1 saturated carbocycles. The first-order chi connectivity index (χ1) is 8.22. The van der Waals surface area contributed by atoms with Crippen molar-refractivity contribution in [2.45, 2.75) is 51.2 Å². The van der Waals surface area contributed by atoms with Gasteiger partial charge in [-0.3, -0.25) is 4.79 Å². The van der Waals surface area contributed by atoms with Gasteiger partial charge in [-0.25, -0.2) is 0 Å². The highest BCUT2D eigenvalue weighted by molar-refractivity contribution is 5.82. The monoisotopic (exact) mass is 240 g/mol. The average Bonchev–Trinajstić information content (AvgIpc) is 3.14. The predicted molar refractivity (Wildman–Crippen MR) is 66.6 cm³/mol. The van der Waals surface area contributed by atoms with Crippen LogP contribution in [0.1, 0.15) is 39.0 Å². The number of β-amino-alcohol motifs (C(OH)–C–C–N with tert-alkyl or cyclic N) is 1. The van der Waals surface area contributed by atoms with Gasteiger partial charge < -0.3 is 15.3 Å². The van der Waals surface area contributed by atoms with Gasteiger partial charge in [-0.05, 0) is 44.6 Å². The molecular formula is C13H24N2O2. The summed E-state index contributed by atoms with van der Waals surface area (Å²) in [6.07, 6.45) is 4.99. The molecule has 2 unspecified atom stereocenters. The average molecular weight is 240 g/mol. The third-order valence-electron chi connectivity index (χ3n) is 3.74. The molecule has 17 heavy (non-hydrogen) atoms. The number of carbonyl (C=O) groups is 1. The Morgan fingerprint density at radius 1 is 1.47 bits per heavy atom. The Bertz CT molecular complexity index is 266. The highest BCUT2D eigenvalue weighted by Crippen LogP contribution is 2.33. The van der Waals surface area contributed by atoms with E-state index in [1.165, 1.54) is 0 Å². The third kappa shape index (κ3) is 3.42. The van der Waals surface area contributed by atoms with Gasteiger partial charge >= 0.3 is 0 Å². The van der Waals surface area contributed by atoms with Crippen LogP contribution in [0, 0.1) is 5.92 Å². The van der Waals surface area contributed by atoms with Crippen LogP contribution in [0.25, 0.3) is 0 Å². The lowest BCUT2D eigenvalue weighted by molar-refractivity contribution is -0.137. The number of likely N-dealkylation sites (tertiary alicyclic amines) is 1. The zero-order valence-electron chi connectivity index (χ0n) is 10.7. The highest BCUT2D eigenvalue weighted by Gasteiger charge is 2.34. The van der Waals surface area contributed by atoms with Crippen LogP contribution >= 0.6 is 0 Å². The van der Waals surface area contributed by atoms with Crippen molar-refractivity contribution >= 4 is 5.91 Å². The van der Waals surface area contributed by atoms with Crippen molar-refractivity contribution in [2.24, 2.45) is 5.92 Å². The zero-order valence-corrected chi connectivity index (χ0v) is 10.7. The maximum Gasteiger partial charge on any atom is 0.239 e. The fourth-order valence-electron chi connectivity index (χ4n) is 2.49. The summed E-state index contributed by atoms with van der Waals surface area (Å²) in [5.41, 5.74) is 0. The van der Waals surface area contributed by atoms with Crippen LogP contribution in [0.5, 0.6) is 0 Å². The third-order valence-corrected chi connectivity index (χ3v) is 3.74. The maximum absolute atomic E-state index is 12.2. The molecule has 4 heteroatoms. The lowest BCUT2D eigenvalue weighted by atomic mass is 10.0. The molecule has 0 aromatic carbocycles. The first-order valence-corrected chi connectivity index (χ1v) is 6.92. The van der Waals surface area contributed by atoms with Crippen LogP contribution < -0.4 is 5.32 Å². The summed E-state index contributed by atoms with van der Waals surface area (Å²) in [6, 6.07) is -0.0184. The molecule has 0 spiro atoms. The molecule has 2 fully saturated rings. The first-order valence-electron chi connectivity index (χ1n) is 6.92. The summed E-state index contributed by atoms with van der Waals surface area (Å²) in [5, 5.41) is 13.2. The Hall–Kier alpha value is -0.610. The van der Waals surface area contributed by atoms with Gasteiger partial charge in [0.2, 0.25) is 5.91 Å². The van der Waals surface area contributed by atoms with Crippen molar-refractivity contribution in [3.8, 4) is 0 Å². The molecule has 0 bridgehead atoms. The van der Waals surface area contributed by atoms with Crippen LogP contribution in [0.3, 0.4) is 0 Å². The molecule has 0 aromatic rings. The predicted octanol–water partition coefficient (Wildman–Crippen LogP) is 0.748. The quantitative estimate of drug-likeness (QED) is 0.720. The van der Waals surface area contributed by atoms with Crippen molar-refractivity contribution in [3.05, 3.63) is 0 Å². The Balaban J connectivity index is 1.82. The summed E-state index contributed by atoms with van der Waals surface area (Å²) < 4.78 is 0. The molecule has 1 aliphatic heterocycles. The standard InChI is InChI=1S/C13H24N2O2/c1-2-7-14-11-4-3-8-15(13(11)17)9-12(16)10-5-6-10/h10-12,14,16H,2-9H2,1H3. The van der Waals surface area contributed by atoms with Gasteiger partial charge in [0, 0.05) is 13.1 Å². The van der Waals surface area contributed by atoms with E-state index in [4.69, 9.17) is 0 Å². The minimum absolute atomic E-state index is 0.0184. The number of amides is 1. The van der Waals surface area contributed by atoms with Crippen molar-refractivity contribution in [1.82, 2.24) is 10.2 Å². The van der Waals surface area contributed by atoms with Crippen LogP contribution in [0.4, 0.5) is 0 Å². The van der Waals surface area contributed by atoms with E-state index in [-0.39, 0.29) is 18.1 Å². The van der Waals surface area contributed by atoms with Gasteiger partial charge in [0.25, 0.3) is 0 Å². The smallest absolute Gasteiger partial charge is 0.239 e. The molecule has 0 aromatic heterocycles. The zero-order chi connectivity index (χ0) is 12.3. The second-order valence-corrected chi connectivity index (χ2v) is 5.34. The van der Waals surface area contributed by atoms with Crippen molar-refractivity contribution in [2.75, 3.05) is 19.6 Å². The molecule has 2 aliphatic rings. The molecule has 1 heterocycles. The van der Waals surface area contributed by atoms with E-state index < -0.39 is 0 Å². The van der Waals surface area contributed by atoms with Gasteiger partial charge in [-0.15, -0.1) is 0 Å². The minimum Gasteiger partial charge on any atom is -0.391 e. The van der Waals surface area contributed by atoms with E-state index in [1.807, 2.05) is 4.90 Å². The number of nitrogens with one attached hydrogen (secondary N) is 1. The summed E-state index contributed by atoms with van der Waals surface area (Å²) in [4.78, 5) is 14.0. The number of rotatable bonds is 6. The molecule has 1 aliphatic carbocycles. The molecule has 0 radical (unpaired) electrons. The second-order valence-electron chi connectivity index (χ2n) is 5.34. The summed E-state index contributed by atoms with van der Waals surface area (Å²) in [6.45, 7) is 4.35. The van der Waals surface area contributed by atoms with Gasteiger partial charge in [-0.1, -0.05) is 6.92 Å². The van der Waals surface area contributed by atoms with E-state index in [0.717, 1.165) is 45.2 Å². The van der Waals surface area contributed by atoms with Crippen molar-refractivity contribution in [3.63, 3.8) is 0 Å². The Kier molecular flexibility index (Phi) is 4.40. The fraction of sp³-hybridized carbons (Fsp3) is 0.923. The number of hydrogen-bond acceptors (Lipinski definition) is 3. The van der Waals surface area contributed by atoms with E-state index in [1.54, 1.807) is 0 Å². The Morgan fingerprint density at radius 2 is 2.24 bits per heavy atom. The molecule has 4 nitrogen and oxygen atoms in total. The number of aliphatic hydroxyl groups is 1. The number of nitrogens with zero attached hydrogens (tertiary/aromatic N) is 1. The normalized spacial score (nSPS) is 27.3. The molecule has 2 rings (SSSR count). The highest BCUT2D eigenvalue weighted by atomic mass is 16.3. The van der Waals surface area contributed by atoms with E-state index in [0.29, 0.717) is 12.5 Å². The molecule has 1 saturated heterocycles. The van der Waals surface area contributed by atoms with Gasteiger partial charge in [-0.2, -0.15) is 0 Å². The topological polar surface area (TPSA) is 52.6 Å². The SMILES string of the molecule is CCCNC1CCCN(CC(O)C2CC2)C1=O. The largest absolute Gasteiger partial charge is 0.391 e. The van der Waals surface area contributed by atoms with E-state index in [2.05, 4.69) is 12.2 Å². The van der Waals surface area contributed by atoms with Crippen LogP contribution in [-0.4, -0.2) is 47.7 Å². The van der Waals surface area contributed by atoms with E-state index in [9.17, 15) is 9.90 Å². The van der Waals surface area contributed by atoms with Crippen molar-refractivity contribution < 1.29 is 9.90 Å². The van der Waals surface area contributed by atoms with Gasteiger partial charge in [0.1, 0.15) is 0 Å². The lowest BCUT2D eigenvalue weighted by Gasteiger charge is -2.34. The lowest BCUT2D eigenvalue weighted by Crippen LogP contribution is -2.52. The molecular weight excluding hydrogens is 216 g/mol. The molecule has 2 N–H and O–H groups in total. The summed E-state index contributed by atoms with van der Waals surface area (Å²) in [7, 11) is 0. The minimum atomic E-state index is -0.302. The van der Waals surface area contributed by atoms with Crippen LogP contribution in [0.15, 0.2) is 0 Å². The van der Waals surface area contributed by atoms with Crippen LogP contribution in [-0.2, 0) is 4.79 Å². The van der Waals surface area contributed by atoms with Gasteiger partial charge in [0.05, 0.1) is 12.1 Å². The summed E-state index contributed by atoms with van der Waals surface area (Å²) >= 11 is 0. The molecule has 98 valence electrons. The Morgan fingerprint density at radius 3 is 2.88 bits per heavy atom. The van der Waals surface area contributed by atoms with Crippen LogP contribution in [0.2, 0.25) is 0 Å². The first kappa shape index (κ1) is 12.8. The second kappa shape index (κ2) is 5.83. The number of hydrogen-bond donors (Lipinski definition) is 2. The molecule has 1 amide bonds. The fourth-order valence-corrected chi connectivity index (χ4v) is 2.49. The van der Waals surface area contributed by atoms with E-state index >= 15 is 0 Å². The van der Waals surface area contributed by atoms with Gasteiger partial charge in [0.15, 0.2) is 0 Å². The Labute approximate surface area is 103 Å².